The largest absolute Gasteiger partial charge is 0.478 e. The Morgan fingerprint density at radius 1 is 1.48 bits per heavy atom. The smallest absolute Gasteiger partial charge is 0.234 e. The van der Waals surface area contributed by atoms with Crippen LogP contribution in [0.2, 0.25) is 0 Å². The molecule has 2 aromatic rings. The SMILES string of the molecule is CCOc1ncnc2c1CN(CC(=O)NCc1ccco1)CC2. The Morgan fingerprint density at radius 3 is 3.17 bits per heavy atom. The quantitative estimate of drug-likeness (QED) is 0.861. The molecule has 1 amide bonds. The average molecular weight is 316 g/mol. The van der Waals surface area contributed by atoms with E-state index in [4.69, 9.17) is 9.15 Å². The van der Waals surface area contributed by atoms with E-state index in [2.05, 4.69) is 20.2 Å². The van der Waals surface area contributed by atoms with Crippen LogP contribution in [0.3, 0.4) is 0 Å². The van der Waals surface area contributed by atoms with Crippen molar-refractivity contribution in [2.24, 2.45) is 0 Å². The van der Waals surface area contributed by atoms with E-state index < -0.39 is 0 Å². The molecule has 1 aliphatic rings. The third-order valence-corrected chi connectivity index (χ3v) is 3.73. The molecule has 7 heteroatoms. The Hall–Kier alpha value is -2.41. The van der Waals surface area contributed by atoms with Crippen LogP contribution in [0.5, 0.6) is 5.88 Å². The zero-order valence-corrected chi connectivity index (χ0v) is 13.1. The first-order valence-electron chi connectivity index (χ1n) is 7.73. The molecule has 0 spiro atoms. The van der Waals surface area contributed by atoms with Gasteiger partial charge in [-0.05, 0) is 19.1 Å². The molecule has 0 aliphatic carbocycles. The normalized spacial score (nSPS) is 14.3. The lowest BCUT2D eigenvalue weighted by Gasteiger charge is -2.28. The molecule has 23 heavy (non-hydrogen) atoms. The van der Waals surface area contributed by atoms with Crippen molar-refractivity contribution in [1.29, 1.82) is 0 Å². The van der Waals surface area contributed by atoms with Gasteiger partial charge < -0.3 is 14.5 Å². The number of aromatic nitrogens is 2. The summed E-state index contributed by atoms with van der Waals surface area (Å²) in [6, 6.07) is 3.64. The van der Waals surface area contributed by atoms with E-state index in [0.29, 0.717) is 32.1 Å². The van der Waals surface area contributed by atoms with E-state index in [-0.39, 0.29) is 5.91 Å². The number of carbonyl (C=O) groups excluding carboxylic acids is 1. The second-order valence-electron chi connectivity index (χ2n) is 5.35. The lowest BCUT2D eigenvalue weighted by molar-refractivity contribution is -0.122. The molecule has 0 fully saturated rings. The molecule has 1 N–H and O–H groups in total. The molecule has 0 saturated carbocycles. The second kappa shape index (κ2) is 7.23. The number of hydrogen-bond acceptors (Lipinski definition) is 6. The van der Waals surface area contributed by atoms with Crippen molar-refractivity contribution < 1.29 is 13.9 Å². The molecule has 7 nitrogen and oxygen atoms in total. The van der Waals surface area contributed by atoms with Crippen molar-refractivity contribution in [1.82, 2.24) is 20.2 Å². The Morgan fingerprint density at radius 2 is 2.39 bits per heavy atom. The highest BCUT2D eigenvalue weighted by molar-refractivity contribution is 5.78. The van der Waals surface area contributed by atoms with Crippen molar-refractivity contribution >= 4 is 5.91 Å². The maximum absolute atomic E-state index is 12.1. The molecule has 2 aromatic heterocycles. The number of carbonyl (C=O) groups is 1. The summed E-state index contributed by atoms with van der Waals surface area (Å²) in [6.07, 6.45) is 3.93. The highest BCUT2D eigenvalue weighted by Gasteiger charge is 2.23. The van der Waals surface area contributed by atoms with Crippen molar-refractivity contribution in [2.45, 2.75) is 26.4 Å². The van der Waals surface area contributed by atoms with Crippen LogP contribution < -0.4 is 10.1 Å². The first kappa shape index (κ1) is 15.5. The Balaban J connectivity index is 1.57. The zero-order chi connectivity index (χ0) is 16.1. The minimum atomic E-state index is -0.0281. The van der Waals surface area contributed by atoms with Crippen molar-refractivity contribution in [2.75, 3.05) is 19.7 Å². The first-order valence-corrected chi connectivity index (χ1v) is 7.73. The van der Waals surface area contributed by atoms with E-state index in [1.54, 1.807) is 12.3 Å². The van der Waals surface area contributed by atoms with Crippen LogP contribution in [0, 0.1) is 0 Å². The summed E-state index contributed by atoms with van der Waals surface area (Å²) in [5, 5.41) is 2.86. The number of hydrogen-bond donors (Lipinski definition) is 1. The number of amides is 1. The van der Waals surface area contributed by atoms with Crippen molar-refractivity contribution in [3.63, 3.8) is 0 Å². The van der Waals surface area contributed by atoms with Gasteiger partial charge >= 0.3 is 0 Å². The fraction of sp³-hybridized carbons (Fsp3) is 0.438. The van der Waals surface area contributed by atoms with Gasteiger partial charge in [-0.2, -0.15) is 0 Å². The molecule has 0 atom stereocenters. The van der Waals surface area contributed by atoms with Crippen LogP contribution >= 0.6 is 0 Å². The molecule has 0 unspecified atom stereocenters. The fourth-order valence-electron chi connectivity index (χ4n) is 2.63. The Bertz CT molecular complexity index is 657. The highest BCUT2D eigenvalue weighted by atomic mass is 16.5. The van der Waals surface area contributed by atoms with Crippen LogP contribution in [0.15, 0.2) is 29.1 Å². The van der Waals surface area contributed by atoms with E-state index in [1.165, 1.54) is 6.33 Å². The highest BCUT2D eigenvalue weighted by Crippen LogP contribution is 2.24. The molecular formula is C16H20N4O3. The third-order valence-electron chi connectivity index (χ3n) is 3.73. The van der Waals surface area contributed by atoms with Crippen LogP contribution in [0.1, 0.15) is 23.9 Å². The minimum Gasteiger partial charge on any atom is -0.478 e. The number of nitrogens with zero attached hydrogens (tertiary/aromatic N) is 3. The van der Waals surface area contributed by atoms with Crippen LogP contribution in [0.25, 0.3) is 0 Å². The Kier molecular flexibility index (Phi) is 4.87. The van der Waals surface area contributed by atoms with E-state index >= 15 is 0 Å². The molecule has 0 bridgehead atoms. The predicted molar refractivity (Wildman–Crippen MR) is 82.7 cm³/mol. The molecule has 1 aliphatic heterocycles. The Labute approximate surface area is 134 Å². The second-order valence-corrected chi connectivity index (χ2v) is 5.35. The number of rotatable bonds is 6. The third kappa shape index (κ3) is 3.87. The van der Waals surface area contributed by atoms with Gasteiger partial charge in [0.05, 0.1) is 31.7 Å². The van der Waals surface area contributed by atoms with Crippen LogP contribution in [0.4, 0.5) is 0 Å². The van der Waals surface area contributed by atoms with Crippen molar-refractivity contribution in [3.05, 3.63) is 41.7 Å². The topological polar surface area (TPSA) is 80.5 Å². The van der Waals surface area contributed by atoms with Gasteiger partial charge in [0.1, 0.15) is 12.1 Å². The molecule has 122 valence electrons. The molecule has 0 aromatic carbocycles. The summed E-state index contributed by atoms with van der Waals surface area (Å²) in [7, 11) is 0. The zero-order valence-electron chi connectivity index (χ0n) is 13.1. The van der Waals surface area contributed by atoms with E-state index in [1.807, 2.05) is 13.0 Å². The van der Waals surface area contributed by atoms with E-state index in [9.17, 15) is 4.79 Å². The summed E-state index contributed by atoms with van der Waals surface area (Å²) in [4.78, 5) is 22.7. The van der Waals surface area contributed by atoms with Gasteiger partial charge in [0, 0.05) is 25.1 Å². The molecule has 0 radical (unpaired) electrons. The molecular weight excluding hydrogens is 296 g/mol. The number of nitrogens with one attached hydrogen (secondary N) is 1. The number of ether oxygens (including phenoxy) is 1. The van der Waals surface area contributed by atoms with E-state index in [0.717, 1.165) is 30.0 Å². The summed E-state index contributed by atoms with van der Waals surface area (Å²) >= 11 is 0. The summed E-state index contributed by atoms with van der Waals surface area (Å²) in [6.45, 7) is 4.65. The average Bonchev–Trinajstić information content (AvgIpc) is 3.07. The van der Waals surface area contributed by atoms with Gasteiger partial charge in [0.15, 0.2) is 0 Å². The molecule has 3 rings (SSSR count). The fourth-order valence-corrected chi connectivity index (χ4v) is 2.63. The van der Waals surface area contributed by atoms with Gasteiger partial charge in [-0.15, -0.1) is 0 Å². The standard InChI is InChI=1S/C16H20N4O3/c1-2-22-16-13-9-20(6-5-14(13)18-11-19-16)10-15(21)17-8-12-4-3-7-23-12/h3-4,7,11H,2,5-6,8-10H2,1H3,(H,17,21). The molecule has 0 saturated heterocycles. The van der Waals surface area contributed by atoms with Gasteiger partial charge in [0.2, 0.25) is 11.8 Å². The minimum absolute atomic E-state index is 0.0281. The summed E-state index contributed by atoms with van der Waals surface area (Å²) in [5.41, 5.74) is 2.00. The summed E-state index contributed by atoms with van der Waals surface area (Å²) in [5.74, 6) is 1.34. The van der Waals surface area contributed by atoms with Gasteiger partial charge in [-0.3, -0.25) is 9.69 Å². The molecule has 3 heterocycles. The van der Waals surface area contributed by atoms with Crippen LogP contribution in [-0.2, 0) is 24.3 Å². The predicted octanol–water partition coefficient (Wildman–Crippen LogP) is 1.14. The lowest BCUT2D eigenvalue weighted by Crippen LogP contribution is -2.40. The number of furan rings is 1. The maximum Gasteiger partial charge on any atom is 0.234 e. The maximum atomic E-state index is 12.1. The van der Waals surface area contributed by atoms with Crippen molar-refractivity contribution in [3.8, 4) is 5.88 Å². The number of fused-ring (bicyclic) bond motifs is 1. The van der Waals surface area contributed by atoms with Gasteiger partial charge in [-0.25, -0.2) is 9.97 Å². The van der Waals surface area contributed by atoms with Gasteiger partial charge in [-0.1, -0.05) is 0 Å². The first-order chi connectivity index (χ1) is 11.3. The van der Waals surface area contributed by atoms with Gasteiger partial charge in [0.25, 0.3) is 0 Å². The monoisotopic (exact) mass is 316 g/mol. The van der Waals surface area contributed by atoms with Crippen LogP contribution in [-0.4, -0.2) is 40.5 Å². The lowest BCUT2D eigenvalue weighted by atomic mass is 10.1. The summed E-state index contributed by atoms with van der Waals surface area (Å²) < 4.78 is 10.8.